The number of halogens is 3. The number of aryl methyl sites for hydroxylation is 1. The Kier molecular flexibility index (Phi) is 5.13. The maximum Gasteiger partial charge on any atom is 0.419 e. The predicted molar refractivity (Wildman–Crippen MR) is 111 cm³/mol. The molecule has 0 amide bonds. The minimum atomic E-state index is -4.69. The number of hydrogen-bond donors (Lipinski definition) is 2. The lowest BCUT2D eigenvalue weighted by Gasteiger charge is -2.12. The Morgan fingerprint density at radius 2 is 2.19 bits per heavy atom. The molecule has 0 spiro atoms. The fourth-order valence-electron chi connectivity index (χ4n) is 3.28. The Hall–Kier alpha value is -3.48. The molecule has 0 aromatic carbocycles. The number of aromatic amines is 1. The lowest BCUT2D eigenvalue weighted by Crippen LogP contribution is -2.29. The van der Waals surface area contributed by atoms with Crippen molar-refractivity contribution in [1.29, 1.82) is 0 Å². The van der Waals surface area contributed by atoms with Gasteiger partial charge >= 0.3 is 6.18 Å². The zero-order valence-electron chi connectivity index (χ0n) is 16.4. The quantitative estimate of drug-likeness (QED) is 0.452. The van der Waals surface area contributed by atoms with Gasteiger partial charge in [-0.3, -0.25) is 14.9 Å². The monoisotopic (exact) mass is 450 g/mol. The molecule has 0 fully saturated rings. The third kappa shape index (κ3) is 3.71. The van der Waals surface area contributed by atoms with Crippen molar-refractivity contribution in [2.45, 2.75) is 19.1 Å². The van der Waals surface area contributed by atoms with Crippen molar-refractivity contribution < 1.29 is 13.2 Å². The van der Waals surface area contributed by atoms with Gasteiger partial charge in [-0.05, 0) is 6.07 Å². The number of aromatic nitrogens is 6. The predicted octanol–water partition coefficient (Wildman–Crippen LogP) is 2.13. The van der Waals surface area contributed by atoms with Crippen molar-refractivity contribution in [2.24, 2.45) is 17.8 Å². The van der Waals surface area contributed by atoms with E-state index in [1.54, 1.807) is 17.8 Å². The van der Waals surface area contributed by atoms with Crippen molar-refractivity contribution in [1.82, 2.24) is 29.5 Å². The van der Waals surface area contributed by atoms with E-state index in [1.807, 2.05) is 6.07 Å². The van der Waals surface area contributed by atoms with Crippen LogP contribution in [0.15, 0.2) is 39.5 Å². The smallest absolute Gasteiger partial charge is 0.400 e. The molecule has 4 aromatic heterocycles. The molecule has 0 bridgehead atoms. The first-order chi connectivity index (χ1) is 14.7. The van der Waals surface area contributed by atoms with E-state index >= 15 is 0 Å². The van der Waals surface area contributed by atoms with Crippen molar-refractivity contribution in [3.8, 4) is 0 Å². The van der Waals surface area contributed by atoms with Gasteiger partial charge in [-0.15, -0.1) is 11.3 Å². The molecule has 4 aromatic rings. The van der Waals surface area contributed by atoms with Crippen molar-refractivity contribution in [2.75, 3.05) is 7.05 Å². The van der Waals surface area contributed by atoms with Gasteiger partial charge in [0.25, 0.3) is 5.56 Å². The molecule has 9 nitrogen and oxygen atoms in total. The molecule has 0 saturated carbocycles. The summed E-state index contributed by atoms with van der Waals surface area (Å²) in [6.45, 7) is -0.521. The van der Waals surface area contributed by atoms with E-state index in [9.17, 15) is 18.0 Å². The van der Waals surface area contributed by atoms with Crippen LogP contribution in [0.2, 0.25) is 0 Å². The lowest BCUT2D eigenvalue weighted by atomic mass is 10.2. The van der Waals surface area contributed by atoms with E-state index in [0.717, 1.165) is 20.1 Å². The maximum absolute atomic E-state index is 13.2. The van der Waals surface area contributed by atoms with Crippen LogP contribution in [0.5, 0.6) is 0 Å². The summed E-state index contributed by atoms with van der Waals surface area (Å²) in [5.41, 5.74) is 5.24. The SMILES string of the molecule is CN=CC(=C(N)Cn1ncc2c3sc(Cc4ccn[nH]4)nc3n(C)c2c1=O)C(F)(F)F. The number of nitrogens with two attached hydrogens (primary N) is 1. The Morgan fingerprint density at radius 1 is 1.42 bits per heavy atom. The summed E-state index contributed by atoms with van der Waals surface area (Å²) in [7, 11) is 2.89. The van der Waals surface area contributed by atoms with Crippen LogP contribution in [0.25, 0.3) is 21.3 Å². The minimum absolute atomic E-state index is 0.294. The number of alkyl halides is 3. The average Bonchev–Trinajstić information content (AvgIpc) is 3.40. The summed E-state index contributed by atoms with van der Waals surface area (Å²) in [5, 5.41) is 12.2. The minimum Gasteiger partial charge on any atom is -0.400 e. The third-order valence-corrected chi connectivity index (χ3v) is 5.78. The first kappa shape index (κ1) is 20.8. The number of H-pyrrole nitrogens is 1. The number of aliphatic imine (C=N–C) groups is 1. The molecule has 162 valence electrons. The van der Waals surface area contributed by atoms with Gasteiger partial charge in [0.2, 0.25) is 0 Å². The van der Waals surface area contributed by atoms with Crippen LogP contribution in [0.1, 0.15) is 10.7 Å². The maximum atomic E-state index is 13.2. The molecule has 0 radical (unpaired) electrons. The van der Waals surface area contributed by atoms with Gasteiger partial charge in [0.1, 0.15) is 10.5 Å². The normalized spacial score (nSPS) is 13.6. The van der Waals surface area contributed by atoms with Crippen LogP contribution >= 0.6 is 11.3 Å². The Morgan fingerprint density at radius 3 is 2.84 bits per heavy atom. The van der Waals surface area contributed by atoms with E-state index in [-0.39, 0.29) is 0 Å². The summed E-state index contributed by atoms with van der Waals surface area (Å²) in [5.74, 6) is 0. The number of fused-ring (bicyclic) bond motifs is 3. The highest BCUT2D eigenvalue weighted by atomic mass is 32.1. The first-order valence-corrected chi connectivity index (χ1v) is 9.82. The fourth-order valence-corrected chi connectivity index (χ4v) is 4.41. The van der Waals surface area contributed by atoms with Crippen LogP contribution in [-0.2, 0) is 20.0 Å². The van der Waals surface area contributed by atoms with Crippen molar-refractivity contribution >= 4 is 38.8 Å². The number of hydrogen-bond acceptors (Lipinski definition) is 7. The summed E-state index contributed by atoms with van der Waals surface area (Å²) < 4.78 is 42.9. The molecule has 0 saturated heterocycles. The van der Waals surface area contributed by atoms with Crippen LogP contribution < -0.4 is 11.3 Å². The van der Waals surface area contributed by atoms with Gasteiger partial charge in [-0.2, -0.15) is 23.4 Å². The number of nitrogens with zero attached hydrogens (tertiary/aromatic N) is 6. The van der Waals surface area contributed by atoms with E-state index in [0.29, 0.717) is 29.2 Å². The van der Waals surface area contributed by atoms with Crippen molar-refractivity contribution in [3.63, 3.8) is 0 Å². The zero-order valence-corrected chi connectivity index (χ0v) is 17.3. The third-order valence-electron chi connectivity index (χ3n) is 4.70. The van der Waals surface area contributed by atoms with Crippen LogP contribution in [-0.4, -0.2) is 49.0 Å². The highest BCUT2D eigenvalue weighted by Crippen LogP contribution is 2.31. The van der Waals surface area contributed by atoms with Crippen molar-refractivity contribution in [3.05, 3.63) is 50.8 Å². The van der Waals surface area contributed by atoms with Crippen LogP contribution in [0.4, 0.5) is 13.2 Å². The number of nitrogens with one attached hydrogen (secondary N) is 1. The molecular formula is C18H17F3N8OS. The summed E-state index contributed by atoms with van der Waals surface area (Å²) in [4.78, 5) is 21.0. The second kappa shape index (κ2) is 7.65. The first-order valence-electron chi connectivity index (χ1n) is 9.00. The molecule has 4 rings (SSSR count). The molecule has 4 heterocycles. The second-order valence-electron chi connectivity index (χ2n) is 6.77. The molecule has 0 unspecified atom stereocenters. The standard InChI is InChI=1S/C18H17F3N8OS/c1-23-7-11(18(19,20)21)12(22)8-29-17(30)14-10(6-25-29)15-16(28(14)2)26-13(31-15)5-9-3-4-24-27-9/h3-4,6-7H,5,8,22H2,1-2H3,(H,24,27). The zero-order chi connectivity index (χ0) is 22.3. The van der Waals surface area contributed by atoms with Gasteiger partial charge in [-0.25, -0.2) is 9.67 Å². The van der Waals surface area contributed by atoms with E-state index in [2.05, 4.69) is 25.3 Å². The average molecular weight is 450 g/mol. The molecular weight excluding hydrogens is 433 g/mol. The molecule has 0 aliphatic rings. The van der Waals surface area contributed by atoms with E-state index in [1.165, 1.54) is 24.6 Å². The molecule has 0 aliphatic heterocycles. The molecule has 0 aliphatic carbocycles. The Bertz CT molecular complexity index is 1370. The van der Waals surface area contributed by atoms with E-state index in [4.69, 9.17) is 5.73 Å². The number of allylic oxidation sites excluding steroid dienone is 2. The van der Waals surface area contributed by atoms with Crippen LogP contribution in [0.3, 0.4) is 0 Å². The molecule has 31 heavy (non-hydrogen) atoms. The largest absolute Gasteiger partial charge is 0.419 e. The highest BCUT2D eigenvalue weighted by Gasteiger charge is 2.35. The summed E-state index contributed by atoms with van der Waals surface area (Å²) in [6.07, 6.45) is -0.402. The molecule has 3 N–H and O–H groups in total. The second-order valence-corrected chi connectivity index (χ2v) is 7.86. The van der Waals surface area contributed by atoms with E-state index < -0.39 is 29.6 Å². The summed E-state index contributed by atoms with van der Waals surface area (Å²) in [6, 6.07) is 1.85. The Balaban J connectivity index is 1.77. The lowest BCUT2D eigenvalue weighted by molar-refractivity contribution is -0.0866. The molecule has 0 atom stereocenters. The van der Waals surface area contributed by atoms with Gasteiger partial charge < -0.3 is 10.3 Å². The number of rotatable bonds is 5. The van der Waals surface area contributed by atoms with Gasteiger partial charge in [0.15, 0.2) is 5.65 Å². The number of thiazole rings is 1. The fraction of sp³-hybridized carbons (Fsp3) is 0.278. The van der Waals surface area contributed by atoms with Crippen LogP contribution in [0, 0.1) is 0 Å². The Labute approximate surface area is 176 Å². The molecule has 13 heteroatoms. The van der Waals surface area contributed by atoms with Gasteiger partial charge in [0, 0.05) is 49.7 Å². The van der Waals surface area contributed by atoms with Gasteiger partial charge in [-0.1, -0.05) is 0 Å². The highest BCUT2D eigenvalue weighted by molar-refractivity contribution is 7.19. The van der Waals surface area contributed by atoms with Gasteiger partial charge in [0.05, 0.1) is 23.0 Å². The topological polar surface area (TPSA) is 120 Å². The summed E-state index contributed by atoms with van der Waals surface area (Å²) >= 11 is 1.42.